The molecule has 1 aliphatic carbocycles. The first kappa shape index (κ1) is 36.0. The minimum absolute atomic E-state index is 0.0721. The Morgan fingerprint density at radius 3 is 1.98 bits per heavy atom. The number of hydrogen-bond donors (Lipinski definition) is 1. The molecule has 0 amide bonds. The number of nitrogens with zero attached hydrogens (tertiary/aromatic N) is 3. The Kier molecular flexibility index (Phi) is 11.3. The number of nitrogens with one attached hydrogen (secondary N) is 1. The molecule has 6 aromatic rings. The van der Waals surface area contributed by atoms with Crippen LogP contribution in [0.5, 0.6) is 5.75 Å². The predicted octanol–water partition coefficient (Wildman–Crippen LogP) is 7.16. The number of methoxy groups -OCH3 is 2. The van der Waals surface area contributed by atoms with Gasteiger partial charge >= 0.3 is 5.97 Å². The Bertz CT molecular complexity index is 2110. The van der Waals surface area contributed by atoms with Crippen molar-refractivity contribution in [2.24, 2.45) is 0 Å². The molecule has 10 nitrogen and oxygen atoms in total. The Balaban J connectivity index is 1.18. The van der Waals surface area contributed by atoms with E-state index < -0.39 is 11.6 Å². The third-order valence-electron chi connectivity index (χ3n) is 9.57. The number of allylic oxidation sites excluding steroid dienone is 2. The number of carbonyl (C=O) groups excluding carboxylic acids is 1. The third-order valence-corrected chi connectivity index (χ3v) is 9.57. The molecule has 0 unspecified atom stereocenters. The smallest absolute Gasteiger partial charge is 0.323 e. The van der Waals surface area contributed by atoms with Crippen molar-refractivity contribution in [2.75, 3.05) is 27.6 Å². The van der Waals surface area contributed by atoms with Crippen molar-refractivity contribution in [3.8, 4) is 5.75 Å². The quantitative estimate of drug-likeness (QED) is 0.0633. The van der Waals surface area contributed by atoms with Gasteiger partial charge in [-0.25, -0.2) is 0 Å². The normalized spacial score (nSPS) is 13.6. The van der Waals surface area contributed by atoms with Gasteiger partial charge < -0.3 is 23.8 Å². The van der Waals surface area contributed by atoms with E-state index in [2.05, 4.69) is 52.0 Å². The van der Waals surface area contributed by atoms with Crippen molar-refractivity contribution in [3.63, 3.8) is 0 Å². The molecule has 0 spiro atoms. The first-order chi connectivity index (χ1) is 26.6. The predicted molar refractivity (Wildman–Crippen MR) is 205 cm³/mol. The van der Waals surface area contributed by atoms with Crippen LogP contribution in [0.15, 0.2) is 163 Å². The van der Waals surface area contributed by atoms with Crippen molar-refractivity contribution in [2.45, 2.75) is 30.8 Å². The van der Waals surface area contributed by atoms with E-state index in [1.165, 1.54) is 4.85 Å². The largest absolute Gasteiger partial charge is 0.501 e. The van der Waals surface area contributed by atoms with Gasteiger partial charge in [0, 0.05) is 18.1 Å². The molecule has 7 rings (SSSR count). The monoisotopic (exact) mass is 722 g/mol. The molecule has 1 N–H and O–H groups in total. The zero-order chi connectivity index (χ0) is 37.2. The van der Waals surface area contributed by atoms with Crippen molar-refractivity contribution in [3.05, 3.63) is 185 Å². The van der Waals surface area contributed by atoms with Gasteiger partial charge in [-0.3, -0.25) is 10.1 Å². The lowest BCUT2D eigenvalue weighted by Crippen LogP contribution is -2.54. The summed E-state index contributed by atoms with van der Waals surface area (Å²) in [5, 5.41) is 12.0. The van der Waals surface area contributed by atoms with Gasteiger partial charge in [-0.2, -0.15) is 0 Å². The van der Waals surface area contributed by atoms with Gasteiger partial charge in [0.1, 0.15) is 35.2 Å². The second-order valence-corrected chi connectivity index (χ2v) is 12.8. The van der Waals surface area contributed by atoms with Crippen molar-refractivity contribution in [1.82, 2.24) is 20.5 Å². The standard InChI is InChI=1S/C44H42N4O6/c1-50-38-27-24-33(42(29-38)51-2)30-52-43(49)40(28-32-22-25-37(26-23-32)53-31-54-48-41-21-13-12-20-39(41)46-47-48)45-44(34-14-6-3-7-15-34,35-16-8-4-9-17-35)36-18-10-5-11-19-36/h3-23,25-26,29,40,45H,24,27-28,30-31H2,1-2H3/t40-/m1/s1. The molecule has 0 aliphatic heterocycles. The van der Waals surface area contributed by atoms with Crippen LogP contribution in [0.2, 0.25) is 0 Å². The number of benzene rings is 5. The van der Waals surface area contributed by atoms with Gasteiger partial charge in [0.2, 0.25) is 0 Å². The van der Waals surface area contributed by atoms with Crippen LogP contribution in [0.25, 0.3) is 11.0 Å². The summed E-state index contributed by atoms with van der Waals surface area (Å²) < 4.78 is 23.1. The van der Waals surface area contributed by atoms with Crippen LogP contribution in [0.4, 0.5) is 0 Å². The van der Waals surface area contributed by atoms with Crippen LogP contribution >= 0.6 is 0 Å². The Hall–Kier alpha value is -6.39. The van der Waals surface area contributed by atoms with Gasteiger partial charge in [-0.15, -0.1) is 5.10 Å². The van der Waals surface area contributed by atoms with Crippen molar-refractivity contribution >= 4 is 17.0 Å². The third kappa shape index (κ3) is 7.99. The lowest BCUT2D eigenvalue weighted by Gasteiger charge is -2.39. The first-order valence-corrected chi connectivity index (χ1v) is 17.8. The highest BCUT2D eigenvalue weighted by Gasteiger charge is 2.40. The molecule has 1 heterocycles. The van der Waals surface area contributed by atoms with Gasteiger partial charge in [0.25, 0.3) is 6.79 Å². The highest BCUT2D eigenvalue weighted by molar-refractivity contribution is 5.77. The Morgan fingerprint density at radius 2 is 1.37 bits per heavy atom. The molecule has 0 fully saturated rings. The molecule has 1 aromatic heterocycles. The lowest BCUT2D eigenvalue weighted by molar-refractivity contribution is -0.145. The molecular weight excluding hydrogens is 681 g/mol. The number of rotatable bonds is 16. The van der Waals surface area contributed by atoms with E-state index in [0.29, 0.717) is 30.8 Å². The summed E-state index contributed by atoms with van der Waals surface area (Å²) in [6.45, 7) is 0.0217. The number of ether oxygens (including phenoxy) is 4. The molecular formula is C44H42N4O6. The minimum Gasteiger partial charge on any atom is -0.501 e. The lowest BCUT2D eigenvalue weighted by atomic mass is 9.76. The molecule has 0 bridgehead atoms. The average Bonchev–Trinajstić information content (AvgIpc) is 3.65. The van der Waals surface area contributed by atoms with Crippen LogP contribution in [0, 0.1) is 0 Å². The Labute approximate surface area is 314 Å². The maximum absolute atomic E-state index is 14.4. The van der Waals surface area contributed by atoms with E-state index in [9.17, 15) is 4.79 Å². The number of hydrogen-bond acceptors (Lipinski definition) is 9. The van der Waals surface area contributed by atoms with E-state index in [-0.39, 0.29) is 19.4 Å². The summed E-state index contributed by atoms with van der Waals surface area (Å²) in [4.78, 5) is 21.5. The fourth-order valence-corrected chi connectivity index (χ4v) is 6.80. The van der Waals surface area contributed by atoms with E-state index in [4.69, 9.17) is 23.8 Å². The fourth-order valence-electron chi connectivity index (χ4n) is 6.80. The summed E-state index contributed by atoms with van der Waals surface area (Å²) in [7, 11) is 3.26. The fraction of sp³-hybridized carbons (Fsp3) is 0.205. The van der Waals surface area contributed by atoms with E-state index >= 15 is 0 Å². The van der Waals surface area contributed by atoms with E-state index in [1.54, 1.807) is 14.2 Å². The van der Waals surface area contributed by atoms with Crippen LogP contribution < -0.4 is 14.9 Å². The molecule has 0 radical (unpaired) electrons. The molecule has 5 aromatic carbocycles. The Morgan fingerprint density at radius 1 is 0.759 bits per heavy atom. The molecule has 0 saturated carbocycles. The molecule has 54 heavy (non-hydrogen) atoms. The molecule has 274 valence electrons. The van der Waals surface area contributed by atoms with Crippen LogP contribution in [0.3, 0.4) is 0 Å². The van der Waals surface area contributed by atoms with E-state index in [1.807, 2.05) is 109 Å². The second-order valence-electron chi connectivity index (χ2n) is 12.8. The van der Waals surface area contributed by atoms with Crippen molar-refractivity contribution < 1.29 is 28.6 Å². The van der Waals surface area contributed by atoms with Crippen LogP contribution in [-0.2, 0) is 31.0 Å². The van der Waals surface area contributed by atoms with Crippen LogP contribution in [0.1, 0.15) is 35.1 Å². The second kappa shape index (κ2) is 17.0. The van der Waals surface area contributed by atoms with Gasteiger partial charge in [-0.05, 0) is 64.6 Å². The molecule has 1 aliphatic rings. The summed E-state index contributed by atoms with van der Waals surface area (Å²) in [6, 6.07) is 45.0. The summed E-state index contributed by atoms with van der Waals surface area (Å²) in [5.41, 5.74) is 5.32. The maximum atomic E-state index is 14.4. The number of carbonyl (C=O) groups is 1. The van der Waals surface area contributed by atoms with Crippen molar-refractivity contribution in [1.29, 1.82) is 0 Å². The molecule has 10 heteroatoms. The number of aromatic nitrogens is 3. The zero-order valence-electron chi connectivity index (χ0n) is 30.3. The SMILES string of the molecule is COC1=CC(OC)=C(COC(=O)[C@@H](Cc2ccc(OCOn3nnc4ccccc43)cc2)NC(c2ccccc2)(c2ccccc2)c2ccccc2)CC1. The number of fused-ring (bicyclic) bond motifs is 1. The molecule has 0 saturated heterocycles. The van der Waals surface area contributed by atoms with E-state index in [0.717, 1.165) is 44.6 Å². The van der Waals surface area contributed by atoms with Gasteiger partial charge in [0.15, 0.2) is 0 Å². The number of para-hydroxylation sites is 1. The molecule has 1 atom stereocenters. The van der Waals surface area contributed by atoms with Gasteiger partial charge in [-0.1, -0.05) is 120 Å². The minimum atomic E-state index is -0.905. The zero-order valence-corrected chi connectivity index (χ0v) is 30.3. The van der Waals surface area contributed by atoms with Gasteiger partial charge in [0.05, 0.1) is 25.5 Å². The first-order valence-electron chi connectivity index (χ1n) is 17.8. The number of esters is 1. The van der Waals surface area contributed by atoms with Crippen LogP contribution in [-0.4, -0.2) is 54.8 Å². The summed E-state index contributed by atoms with van der Waals surface area (Å²) in [5.74, 6) is 1.69. The highest BCUT2D eigenvalue weighted by atomic mass is 16.8. The topological polar surface area (TPSA) is 106 Å². The maximum Gasteiger partial charge on any atom is 0.323 e. The summed E-state index contributed by atoms with van der Waals surface area (Å²) in [6.07, 6.45) is 3.55. The average molecular weight is 723 g/mol. The summed E-state index contributed by atoms with van der Waals surface area (Å²) >= 11 is 0. The highest BCUT2D eigenvalue weighted by Crippen LogP contribution is 2.38.